The third-order valence-corrected chi connectivity index (χ3v) is 5.65. The molecule has 0 bridgehead atoms. The van der Waals surface area contributed by atoms with Crippen LogP contribution in [-0.2, 0) is 20.9 Å². The number of ether oxygens (including phenoxy) is 2. The van der Waals surface area contributed by atoms with Crippen molar-refractivity contribution < 1.29 is 23.5 Å². The lowest BCUT2D eigenvalue weighted by Gasteiger charge is -2.37. The zero-order valence-corrected chi connectivity index (χ0v) is 19.4. The molecule has 4 rings (SSSR count). The lowest BCUT2D eigenvalue weighted by atomic mass is 10.0. The first-order valence-corrected chi connectivity index (χ1v) is 11.3. The average molecular weight is 453 g/mol. The van der Waals surface area contributed by atoms with Crippen LogP contribution in [0.3, 0.4) is 0 Å². The molecule has 0 radical (unpaired) electrons. The summed E-state index contributed by atoms with van der Waals surface area (Å²) < 4.78 is 24.9. The Bertz CT molecular complexity index is 1050. The highest BCUT2D eigenvalue weighted by Crippen LogP contribution is 2.34. The summed E-state index contributed by atoms with van der Waals surface area (Å²) in [6, 6.07) is 13.1. The smallest absolute Gasteiger partial charge is 0.278 e. The third-order valence-electron chi connectivity index (χ3n) is 5.65. The van der Waals surface area contributed by atoms with Gasteiger partial charge in [-0.2, -0.15) is 0 Å². The maximum atomic E-state index is 13.6. The van der Waals surface area contributed by atoms with Crippen LogP contribution < -0.4 is 4.74 Å². The molecule has 0 spiro atoms. The first kappa shape index (κ1) is 23.0. The highest BCUT2D eigenvalue weighted by molar-refractivity contribution is 6.35. The lowest BCUT2D eigenvalue weighted by molar-refractivity contribution is -0.139. The standard InChI is InChI=1S/C26H29FN2O4/c1-16(2)32-22-11-7-20(8-12-22)23-24(28-13-17(3)33-18(4)14-28)26(31)29(25(23)30)15-19-5-9-21(27)10-6-19/h5-12,16-18H,13-15H2,1-4H3. The van der Waals surface area contributed by atoms with Crippen LogP contribution in [0.4, 0.5) is 4.39 Å². The summed E-state index contributed by atoms with van der Waals surface area (Å²) in [7, 11) is 0. The Morgan fingerprint density at radius 1 is 0.970 bits per heavy atom. The Morgan fingerprint density at radius 2 is 1.58 bits per heavy atom. The number of carbonyl (C=O) groups is 2. The average Bonchev–Trinajstić information content (AvgIpc) is 2.99. The zero-order chi connectivity index (χ0) is 23.7. The van der Waals surface area contributed by atoms with Gasteiger partial charge in [0.1, 0.15) is 17.3 Å². The van der Waals surface area contributed by atoms with Gasteiger partial charge in [0, 0.05) is 13.1 Å². The number of rotatable bonds is 6. The van der Waals surface area contributed by atoms with E-state index in [1.807, 2.05) is 56.9 Å². The maximum Gasteiger partial charge on any atom is 0.278 e. The molecule has 0 aliphatic carbocycles. The maximum absolute atomic E-state index is 13.6. The number of nitrogens with zero attached hydrogens (tertiary/aromatic N) is 2. The number of carbonyl (C=O) groups excluding carboxylic acids is 2. The number of hydrogen-bond acceptors (Lipinski definition) is 5. The number of amides is 2. The molecular weight excluding hydrogens is 423 g/mol. The monoisotopic (exact) mass is 452 g/mol. The third kappa shape index (κ3) is 4.93. The summed E-state index contributed by atoms with van der Waals surface area (Å²) in [5, 5.41) is 0. The molecule has 2 aliphatic heterocycles. The molecule has 2 aliphatic rings. The molecule has 6 nitrogen and oxygen atoms in total. The van der Waals surface area contributed by atoms with Crippen molar-refractivity contribution in [2.75, 3.05) is 13.1 Å². The van der Waals surface area contributed by atoms with E-state index >= 15 is 0 Å². The van der Waals surface area contributed by atoms with Gasteiger partial charge in [0.05, 0.1) is 30.4 Å². The normalized spacial score (nSPS) is 21.4. The van der Waals surface area contributed by atoms with Crippen molar-refractivity contribution in [3.8, 4) is 5.75 Å². The molecule has 0 aromatic heterocycles. The van der Waals surface area contributed by atoms with Crippen LogP contribution >= 0.6 is 0 Å². The topological polar surface area (TPSA) is 59.1 Å². The molecule has 2 aromatic rings. The van der Waals surface area contributed by atoms with E-state index in [1.54, 1.807) is 12.1 Å². The molecule has 2 unspecified atom stereocenters. The van der Waals surface area contributed by atoms with E-state index in [-0.39, 0.29) is 42.5 Å². The molecule has 1 saturated heterocycles. The fourth-order valence-corrected chi connectivity index (χ4v) is 4.37. The van der Waals surface area contributed by atoms with Crippen LogP contribution in [0, 0.1) is 5.82 Å². The van der Waals surface area contributed by atoms with Crippen LogP contribution in [0.15, 0.2) is 54.2 Å². The molecule has 2 aromatic carbocycles. The molecule has 1 fully saturated rings. The quantitative estimate of drug-likeness (QED) is 0.620. The summed E-state index contributed by atoms with van der Waals surface area (Å²) in [4.78, 5) is 30.3. The Hall–Kier alpha value is -3.19. The van der Waals surface area contributed by atoms with Crippen LogP contribution in [0.25, 0.3) is 5.57 Å². The number of imide groups is 1. The Labute approximate surface area is 193 Å². The first-order valence-electron chi connectivity index (χ1n) is 11.3. The molecule has 0 saturated carbocycles. The number of halogens is 1. The van der Waals surface area contributed by atoms with E-state index in [4.69, 9.17) is 9.47 Å². The summed E-state index contributed by atoms with van der Waals surface area (Å²) in [6.07, 6.45) is -0.112. The van der Waals surface area contributed by atoms with Gasteiger partial charge in [-0.05, 0) is 63.1 Å². The Kier molecular flexibility index (Phi) is 6.51. The minimum absolute atomic E-state index is 0.0304. The van der Waals surface area contributed by atoms with Gasteiger partial charge < -0.3 is 14.4 Å². The van der Waals surface area contributed by atoms with E-state index in [0.717, 1.165) is 0 Å². The van der Waals surface area contributed by atoms with Gasteiger partial charge in [-0.15, -0.1) is 0 Å². The summed E-state index contributed by atoms with van der Waals surface area (Å²) in [5.74, 6) is -0.367. The van der Waals surface area contributed by atoms with E-state index in [1.165, 1.54) is 17.0 Å². The molecular formula is C26H29FN2O4. The second kappa shape index (κ2) is 9.35. The van der Waals surface area contributed by atoms with Crippen molar-refractivity contribution in [3.63, 3.8) is 0 Å². The van der Waals surface area contributed by atoms with E-state index in [2.05, 4.69) is 0 Å². The predicted octanol–water partition coefficient (Wildman–Crippen LogP) is 4.00. The second-order valence-corrected chi connectivity index (χ2v) is 8.90. The molecule has 7 heteroatoms. The molecule has 0 N–H and O–H groups in total. The second-order valence-electron chi connectivity index (χ2n) is 8.90. The van der Waals surface area contributed by atoms with Crippen molar-refractivity contribution in [2.45, 2.75) is 52.6 Å². The molecule has 2 atom stereocenters. The van der Waals surface area contributed by atoms with Gasteiger partial charge in [0.25, 0.3) is 11.8 Å². The van der Waals surface area contributed by atoms with Crippen molar-refractivity contribution in [3.05, 3.63) is 71.2 Å². The molecule has 2 heterocycles. The number of morpholine rings is 1. The highest BCUT2D eigenvalue weighted by atomic mass is 19.1. The van der Waals surface area contributed by atoms with Crippen LogP contribution in [-0.4, -0.2) is 53.0 Å². The highest BCUT2D eigenvalue weighted by Gasteiger charge is 2.43. The van der Waals surface area contributed by atoms with Crippen LogP contribution in [0.2, 0.25) is 0 Å². The summed E-state index contributed by atoms with van der Waals surface area (Å²) in [5.41, 5.74) is 2.11. The van der Waals surface area contributed by atoms with Gasteiger partial charge in [0.2, 0.25) is 0 Å². The molecule has 174 valence electrons. The minimum Gasteiger partial charge on any atom is -0.491 e. The fourth-order valence-electron chi connectivity index (χ4n) is 4.37. The molecule has 2 amide bonds. The van der Waals surface area contributed by atoms with Crippen molar-refractivity contribution in [2.24, 2.45) is 0 Å². The van der Waals surface area contributed by atoms with E-state index in [9.17, 15) is 14.0 Å². The predicted molar refractivity (Wildman–Crippen MR) is 123 cm³/mol. The minimum atomic E-state index is -0.364. The number of hydrogen-bond donors (Lipinski definition) is 0. The summed E-state index contributed by atoms with van der Waals surface area (Å²) >= 11 is 0. The van der Waals surface area contributed by atoms with Gasteiger partial charge in [-0.25, -0.2) is 4.39 Å². The first-order chi connectivity index (χ1) is 15.7. The zero-order valence-electron chi connectivity index (χ0n) is 19.4. The van der Waals surface area contributed by atoms with Gasteiger partial charge in [0.15, 0.2) is 0 Å². The van der Waals surface area contributed by atoms with E-state index < -0.39 is 0 Å². The van der Waals surface area contributed by atoms with Crippen molar-refractivity contribution >= 4 is 17.4 Å². The van der Waals surface area contributed by atoms with Crippen molar-refractivity contribution in [1.82, 2.24) is 9.80 Å². The summed E-state index contributed by atoms with van der Waals surface area (Å²) in [6.45, 7) is 8.91. The Morgan fingerprint density at radius 3 is 2.15 bits per heavy atom. The Balaban J connectivity index is 1.71. The van der Waals surface area contributed by atoms with Crippen LogP contribution in [0.5, 0.6) is 5.75 Å². The van der Waals surface area contributed by atoms with Gasteiger partial charge >= 0.3 is 0 Å². The van der Waals surface area contributed by atoms with Crippen LogP contribution in [0.1, 0.15) is 38.8 Å². The van der Waals surface area contributed by atoms with Gasteiger partial charge in [-0.3, -0.25) is 14.5 Å². The molecule has 33 heavy (non-hydrogen) atoms. The largest absolute Gasteiger partial charge is 0.491 e. The lowest BCUT2D eigenvalue weighted by Crippen LogP contribution is -2.46. The van der Waals surface area contributed by atoms with Gasteiger partial charge in [-0.1, -0.05) is 24.3 Å². The van der Waals surface area contributed by atoms with Crippen molar-refractivity contribution in [1.29, 1.82) is 0 Å². The SMILES string of the molecule is CC(C)Oc1ccc(C2=C(N3CC(C)OC(C)C3)C(=O)N(Cc3ccc(F)cc3)C2=O)cc1. The fraction of sp³-hybridized carbons (Fsp3) is 0.385. The number of benzene rings is 2. The van der Waals surface area contributed by atoms with E-state index in [0.29, 0.717) is 41.2 Å².